The Morgan fingerprint density at radius 2 is 2.00 bits per heavy atom. The highest BCUT2D eigenvalue weighted by molar-refractivity contribution is 14.1. The van der Waals surface area contributed by atoms with Crippen molar-refractivity contribution in [2.24, 2.45) is 0 Å². The van der Waals surface area contributed by atoms with Crippen LogP contribution >= 0.6 is 22.6 Å². The number of pyridine rings is 1. The van der Waals surface area contributed by atoms with Gasteiger partial charge in [-0.3, -0.25) is 19.5 Å². The van der Waals surface area contributed by atoms with Gasteiger partial charge in [0.25, 0.3) is 11.8 Å². The number of nitrogens with zero attached hydrogens (tertiary/aromatic N) is 2. The van der Waals surface area contributed by atoms with Crippen molar-refractivity contribution >= 4 is 34.4 Å². The molecule has 0 bridgehead atoms. The molecular weight excluding hydrogens is 379 g/mol. The van der Waals surface area contributed by atoms with Gasteiger partial charge in [0.2, 0.25) is 0 Å². The molecule has 0 saturated carbocycles. The molecule has 0 atom stereocenters. The van der Waals surface area contributed by atoms with E-state index in [2.05, 4.69) is 27.6 Å². The summed E-state index contributed by atoms with van der Waals surface area (Å²) in [5, 5.41) is 0. The Labute approximate surface area is 136 Å². The first-order valence-electron chi connectivity index (χ1n) is 6.56. The van der Waals surface area contributed by atoms with E-state index in [4.69, 9.17) is 0 Å². The second-order valence-corrected chi connectivity index (χ2v) is 6.16. The number of rotatable bonds is 1. The third kappa shape index (κ3) is 2.25. The maximum Gasteiger partial charge on any atom is 0.279 e. The Kier molecular flexibility index (Phi) is 3.52. The van der Waals surface area contributed by atoms with Gasteiger partial charge in [-0.1, -0.05) is 18.2 Å². The van der Waals surface area contributed by atoms with Gasteiger partial charge in [0.1, 0.15) is 5.69 Å². The molecule has 1 aliphatic heterocycles. The molecule has 3 rings (SSSR count). The van der Waals surface area contributed by atoms with E-state index >= 15 is 0 Å². The summed E-state index contributed by atoms with van der Waals surface area (Å²) in [5.74, 6) is -0.570. The van der Waals surface area contributed by atoms with Crippen LogP contribution in [0.5, 0.6) is 0 Å². The van der Waals surface area contributed by atoms with Crippen LogP contribution in [-0.2, 0) is 6.54 Å². The highest BCUT2D eigenvalue weighted by Gasteiger charge is 2.33. The second-order valence-electron chi connectivity index (χ2n) is 5.08. The summed E-state index contributed by atoms with van der Waals surface area (Å²) in [5.41, 5.74) is 3.69. The lowest BCUT2D eigenvalue weighted by Gasteiger charge is -2.15. The molecule has 106 valence electrons. The Morgan fingerprint density at radius 1 is 1.29 bits per heavy atom. The molecular formula is C16H13IN2O2. The first-order valence-corrected chi connectivity index (χ1v) is 7.64. The van der Waals surface area contributed by atoms with E-state index in [0.29, 0.717) is 17.8 Å². The van der Waals surface area contributed by atoms with E-state index < -0.39 is 0 Å². The van der Waals surface area contributed by atoms with Crippen molar-refractivity contribution in [3.05, 3.63) is 62.0 Å². The molecule has 0 fully saturated rings. The molecule has 0 unspecified atom stereocenters. The molecule has 0 spiro atoms. The van der Waals surface area contributed by atoms with Gasteiger partial charge in [-0.05, 0) is 59.2 Å². The molecule has 1 aromatic carbocycles. The lowest BCUT2D eigenvalue weighted by Crippen LogP contribution is -2.32. The smallest absolute Gasteiger partial charge is 0.269 e. The van der Waals surface area contributed by atoms with Crippen molar-refractivity contribution in [1.82, 2.24) is 9.88 Å². The fourth-order valence-corrected chi connectivity index (χ4v) is 2.87. The molecule has 1 aliphatic rings. The fourth-order valence-electron chi connectivity index (χ4n) is 2.48. The largest absolute Gasteiger partial charge is 0.279 e. The van der Waals surface area contributed by atoms with Gasteiger partial charge in [-0.2, -0.15) is 0 Å². The Hall–Kier alpha value is -1.76. The van der Waals surface area contributed by atoms with E-state index in [9.17, 15) is 9.59 Å². The van der Waals surface area contributed by atoms with Crippen molar-refractivity contribution in [2.45, 2.75) is 20.4 Å². The minimum absolute atomic E-state index is 0.243. The number of aryl methyl sites for hydroxylation is 1. The fraction of sp³-hybridized carbons (Fsp3) is 0.188. The van der Waals surface area contributed by atoms with Crippen LogP contribution in [0.15, 0.2) is 30.5 Å². The first-order chi connectivity index (χ1) is 10.0. The summed E-state index contributed by atoms with van der Waals surface area (Å²) in [6, 6.07) is 7.31. The van der Waals surface area contributed by atoms with E-state index in [1.54, 1.807) is 12.3 Å². The quantitative estimate of drug-likeness (QED) is 0.554. The SMILES string of the molecule is Cc1cnc(C(=O)N2Cc3ccccc3C2=O)c(C)c1I. The molecule has 0 N–H and O–H groups in total. The second kappa shape index (κ2) is 5.22. The van der Waals surface area contributed by atoms with Crippen LogP contribution in [0.25, 0.3) is 0 Å². The van der Waals surface area contributed by atoms with Crippen LogP contribution in [0.2, 0.25) is 0 Å². The van der Waals surface area contributed by atoms with Crippen LogP contribution in [0.3, 0.4) is 0 Å². The lowest BCUT2D eigenvalue weighted by atomic mass is 10.1. The number of benzene rings is 1. The zero-order valence-electron chi connectivity index (χ0n) is 11.7. The first kappa shape index (κ1) is 14.2. The zero-order chi connectivity index (χ0) is 15.1. The molecule has 0 aliphatic carbocycles. The van der Waals surface area contributed by atoms with Crippen LogP contribution in [0.1, 0.15) is 37.5 Å². The van der Waals surface area contributed by atoms with Crippen LogP contribution < -0.4 is 0 Å². The van der Waals surface area contributed by atoms with Gasteiger partial charge in [0.15, 0.2) is 0 Å². The predicted molar refractivity (Wildman–Crippen MR) is 87.1 cm³/mol. The standard InChI is InChI=1S/C16H13IN2O2/c1-9-7-18-14(10(2)13(9)17)16(21)19-8-11-5-3-4-6-12(11)15(19)20/h3-7H,8H2,1-2H3. The number of hydrogen-bond acceptors (Lipinski definition) is 3. The van der Waals surface area contributed by atoms with E-state index in [0.717, 1.165) is 20.3 Å². The number of halogens is 1. The van der Waals surface area contributed by atoms with Gasteiger partial charge >= 0.3 is 0 Å². The molecule has 4 nitrogen and oxygen atoms in total. The van der Waals surface area contributed by atoms with Crippen molar-refractivity contribution in [3.63, 3.8) is 0 Å². The summed E-state index contributed by atoms with van der Waals surface area (Å²) in [6.45, 7) is 4.13. The highest BCUT2D eigenvalue weighted by atomic mass is 127. The van der Waals surface area contributed by atoms with Gasteiger partial charge < -0.3 is 0 Å². The molecule has 2 aromatic rings. The van der Waals surface area contributed by atoms with Crippen molar-refractivity contribution < 1.29 is 9.59 Å². The molecule has 2 amide bonds. The maximum atomic E-state index is 12.6. The number of carbonyl (C=O) groups is 2. The van der Waals surface area contributed by atoms with Gasteiger partial charge in [-0.25, -0.2) is 0 Å². The normalized spacial score (nSPS) is 13.5. The van der Waals surface area contributed by atoms with Crippen LogP contribution in [-0.4, -0.2) is 21.7 Å². The van der Waals surface area contributed by atoms with Crippen molar-refractivity contribution in [1.29, 1.82) is 0 Å². The molecule has 5 heteroatoms. The van der Waals surface area contributed by atoms with Crippen molar-refractivity contribution in [2.75, 3.05) is 0 Å². The molecule has 21 heavy (non-hydrogen) atoms. The Morgan fingerprint density at radius 3 is 2.71 bits per heavy atom. The van der Waals surface area contributed by atoms with Crippen LogP contribution in [0.4, 0.5) is 0 Å². The maximum absolute atomic E-state index is 12.6. The average molecular weight is 392 g/mol. The predicted octanol–water partition coefficient (Wildman–Crippen LogP) is 3.10. The highest BCUT2D eigenvalue weighted by Crippen LogP contribution is 2.26. The summed E-state index contributed by atoms with van der Waals surface area (Å²) >= 11 is 2.20. The van der Waals surface area contributed by atoms with Gasteiger partial charge in [0, 0.05) is 15.3 Å². The molecule has 0 saturated heterocycles. The number of aromatic nitrogens is 1. The van der Waals surface area contributed by atoms with E-state index in [1.165, 1.54) is 4.90 Å². The van der Waals surface area contributed by atoms with Gasteiger partial charge in [-0.15, -0.1) is 0 Å². The third-order valence-corrected chi connectivity index (χ3v) is 5.35. The molecule has 2 heterocycles. The minimum atomic E-state index is -0.327. The molecule has 0 radical (unpaired) electrons. The minimum Gasteiger partial charge on any atom is -0.269 e. The topological polar surface area (TPSA) is 50.3 Å². The van der Waals surface area contributed by atoms with E-state index in [1.807, 2.05) is 32.0 Å². The summed E-state index contributed by atoms with van der Waals surface area (Å²) in [7, 11) is 0. The number of imide groups is 1. The van der Waals surface area contributed by atoms with Crippen LogP contribution in [0, 0.1) is 17.4 Å². The third-order valence-electron chi connectivity index (χ3n) is 3.69. The Bertz CT molecular complexity index is 771. The average Bonchev–Trinajstić information content (AvgIpc) is 2.82. The Balaban J connectivity index is 1.99. The monoisotopic (exact) mass is 392 g/mol. The number of carbonyl (C=O) groups excluding carboxylic acids is 2. The summed E-state index contributed by atoms with van der Waals surface area (Å²) in [4.78, 5) is 30.5. The summed E-state index contributed by atoms with van der Waals surface area (Å²) in [6.07, 6.45) is 1.68. The number of amides is 2. The number of fused-ring (bicyclic) bond motifs is 1. The van der Waals surface area contributed by atoms with E-state index in [-0.39, 0.29) is 11.8 Å². The lowest BCUT2D eigenvalue weighted by molar-refractivity contribution is 0.0627. The number of hydrogen-bond donors (Lipinski definition) is 0. The van der Waals surface area contributed by atoms with Gasteiger partial charge in [0.05, 0.1) is 6.54 Å². The zero-order valence-corrected chi connectivity index (χ0v) is 13.8. The summed E-state index contributed by atoms with van der Waals surface area (Å²) < 4.78 is 1.01. The molecule has 1 aromatic heterocycles. The van der Waals surface area contributed by atoms with Crippen molar-refractivity contribution in [3.8, 4) is 0 Å².